The van der Waals surface area contributed by atoms with Gasteiger partial charge in [-0.25, -0.2) is 0 Å². The number of aryl methyl sites for hydroxylation is 4. The third-order valence-corrected chi connectivity index (χ3v) is 7.39. The van der Waals surface area contributed by atoms with Crippen LogP contribution in [-0.4, -0.2) is 9.13 Å². The summed E-state index contributed by atoms with van der Waals surface area (Å²) in [6, 6.07) is 32.1. The molecule has 0 fully saturated rings. The van der Waals surface area contributed by atoms with Gasteiger partial charge >= 0.3 is 0 Å². The Morgan fingerprint density at radius 3 is 1.38 bits per heavy atom. The lowest BCUT2D eigenvalue weighted by Crippen LogP contribution is -2.02. The van der Waals surface area contributed by atoms with Gasteiger partial charge in [0, 0.05) is 56.7 Å². The van der Waals surface area contributed by atoms with Crippen LogP contribution in [0.25, 0.3) is 43.6 Å². The minimum Gasteiger partial charge on any atom is -0.340 e. The maximum absolute atomic E-state index is 2.54. The standard InChI is InChI=1S/C30H26N2/c1-3-9-27-23(7-1)25-19-21-11-12-22-14-16-30-26(20-22)24-8-2-4-10-28(24)32(30)18-6-5-17-31(27)29(25)15-13-21/h1-4,7-10,13-16,19-20H,5-6,11-12,17-18H2. The van der Waals surface area contributed by atoms with Crippen molar-refractivity contribution in [2.45, 2.75) is 38.8 Å². The summed E-state index contributed by atoms with van der Waals surface area (Å²) in [6.07, 6.45) is 4.47. The Hall–Kier alpha value is -3.52. The van der Waals surface area contributed by atoms with E-state index >= 15 is 0 Å². The number of para-hydroxylation sites is 2. The second-order valence-electron chi connectivity index (χ2n) is 9.25. The molecule has 0 atom stereocenters. The van der Waals surface area contributed by atoms with Crippen molar-refractivity contribution >= 4 is 43.6 Å². The van der Waals surface area contributed by atoms with Gasteiger partial charge in [-0.15, -0.1) is 0 Å². The summed E-state index contributed by atoms with van der Waals surface area (Å²) >= 11 is 0. The Balaban J connectivity index is 1.41. The second kappa shape index (κ2) is 7.00. The number of hydrogen-bond acceptors (Lipinski definition) is 0. The third kappa shape index (κ3) is 2.65. The van der Waals surface area contributed by atoms with E-state index in [1.54, 1.807) is 0 Å². The largest absolute Gasteiger partial charge is 0.340 e. The summed E-state index contributed by atoms with van der Waals surface area (Å²) in [5.41, 5.74) is 8.33. The summed E-state index contributed by atoms with van der Waals surface area (Å²) in [7, 11) is 0. The Morgan fingerprint density at radius 2 is 0.875 bits per heavy atom. The third-order valence-electron chi connectivity index (χ3n) is 7.39. The fourth-order valence-electron chi connectivity index (χ4n) is 5.82. The quantitative estimate of drug-likeness (QED) is 0.244. The van der Waals surface area contributed by atoms with Crippen LogP contribution in [0, 0.1) is 0 Å². The average Bonchev–Trinajstić information content (AvgIpc) is 3.32. The van der Waals surface area contributed by atoms with Crippen LogP contribution >= 0.6 is 0 Å². The van der Waals surface area contributed by atoms with Crippen LogP contribution in [0.2, 0.25) is 0 Å². The molecule has 0 saturated carbocycles. The SMILES string of the molecule is c1ccc2c(c1)c1cc3ccc1n2CCCCn1c2ccccc2c2cc(ccc21)CC3. The minimum absolute atomic E-state index is 1.06. The molecule has 0 N–H and O–H groups in total. The first-order chi connectivity index (χ1) is 15.9. The summed E-state index contributed by atoms with van der Waals surface area (Å²) in [5, 5.41) is 5.58. The zero-order valence-corrected chi connectivity index (χ0v) is 18.2. The van der Waals surface area contributed by atoms with E-state index in [-0.39, 0.29) is 0 Å². The Morgan fingerprint density at radius 1 is 0.438 bits per heavy atom. The van der Waals surface area contributed by atoms with Gasteiger partial charge in [-0.05, 0) is 73.2 Å². The molecule has 156 valence electrons. The monoisotopic (exact) mass is 414 g/mol. The summed E-state index contributed by atoms with van der Waals surface area (Å²) in [5.74, 6) is 0. The van der Waals surface area contributed by atoms with E-state index in [0.717, 1.165) is 25.9 Å². The molecular weight excluding hydrogens is 388 g/mol. The maximum atomic E-state index is 2.54. The molecule has 2 nitrogen and oxygen atoms in total. The zero-order valence-electron chi connectivity index (χ0n) is 18.2. The molecule has 0 radical (unpaired) electrons. The van der Waals surface area contributed by atoms with Crippen LogP contribution in [0.4, 0.5) is 0 Å². The summed E-state index contributed by atoms with van der Waals surface area (Å²) in [6.45, 7) is 2.12. The van der Waals surface area contributed by atoms with Crippen molar-refractivity contribution in [3.05, 3.63) is 96.1 Å². The molecular formula is C30H26N2. The van der Waals surface area contributed by atoms with Crippen LogP contribution in [0.1, 0.15) is 24.0 Å². The predicted molar refractivity (Wildman–Crippen MR) is 136 cm³/mol. The van der Waals surface area contributed by atoms with Gasteiger partial charge in [-0.1, -0.05) is 48.5 Å². The highest BCUT2D eigenvalue weighted by Gasteiger charge is 2.14. The lowest BCUT2D eigenvalue weighted by Gasteiger charge is -2.11. The Bertz CT molecular complexity index is 1510. The predicted octanol–water partition coefficient (Wildman–Crippen LogP) is 7.48. The van der Waals surface area contributed by atoms with Gasteiger partial charge < -0.3 is 9.13 Å². The fourth-order valence-corrected chi connectivity index (χ4v) is 5.82. The van der Waals surface area contributed by atoms with E-state index < -0.39 is 0 Å². The first-order valence-electron chi connectivity index (χ1n) is 11.9. The van der Waals surface area contributed by atoms with Crippen molar-refractivity contribution in [2.75, 3.05) is 0 Å². The summed E-state index contributed by atoms with van der Waals surface area (Å²) < 4.78 is 5.08. The summed E-state index contributed by atoms with van der Waals surface area (Å²) in [4.78, 5) is 0. The molecule has 4 aromatic carbocycles. The number of benzene rings is 4. The van der Waals surface area contributed by atoms with E-state index in [4.69, 9.17) is 0 Å². The van der Waals surface area contributed by atoms with Crippen LogP contribution in [0.15, 0.2) is 84.9 Å². The molecule has 0 amide bonds. The van der Waals surface area contributed by atoms with Gasteiger partial charge in [0.2, 0.25) is 0 Å². The molecule has 0 saturated heterocycles. The Labute approximate surface area is 187 Å². The van der Waals surface area contributed by atoms with E-state index in [2.05, 4.69) is 94.1 Å². The van der Waals surface area contributed by atoms with Crippen molar-refractivity contribution in [2.24, 2.45) is 0 Å². The van der Waals surface area contributed by atoms with Crippen molar-refractivity contribution in [3.8, 4) is 0 Å². The van der Waals surface area contributed by atoms with Gasteiger partial charge in [-0.2, -0.15) is 0 Å². The van der Waals surface area contributed by atoms with Gasteiger partial charge in [0.1, 0.15) is 0 Å². The van der Waals surface area contributed by atoms with Crippen molar-refractivity contribution in [1.82, 2.24) is 9.13 Å². The van der Waals surface area contributed by atoms with E-state index in [9.17, 15) is 0 Å². The van der Waals surface area contributed by atoms with Crippen LogP contribution < -0.4 is 0 Å². The number of rotatable bonds is 0. The second-order valence-corrected chi connectivity index (χ2v) is 9.25. The van der Waals surface area contributed by atoms with E-state index in [1.165, 1.54) is 67.6 Å². The molecule has 8 bridgehead atoms. The zero-order chi connectivity index (χ0) is 21.1. The van der Waals surface area contributed by atoms with Crippen LogP contribution in [0.3, 0.4) is 0 Å². The smallest absolute Gasteiger partial charge is 0.0491 e. The molecule has 4 aliphatic heterocycles. The maximum Gasteiger partial charge on any atom is 0.0491 e. The number of aromatic nitrogens is 2. The van der Waals surface area contributed by atoms with Crippen molar-refractivity contribution in [1.29, 1.82) is 0 Å². The first kappa shape index (κ1) is 18.1. The normalized spacial score (nSPS) is 14.8. The van der Waals surface area contributed by atoms with Crippen LogP contribution in [0.5, 0.6) is 0 Å². The Kier molecular flexibility index (Phi) is 3.96. The highest BCUT2D eigenvalue weighted by molar-refractivity contribution is 6.09. The first-order valence-corrected chi connectivity index (χ1v) is 11.9. The van der Waals surface area contributed by atoms with Crippen LogP contribution in [-0.2, 0) is 25.9 Å². The average molecular weight is 415 g/mol. The van der Waals surface area contributed by atoms with Crippen molar-refractivity contribution in [3.63, 3.8) is 0 Å². The molecule has 2 aromatic heterocycles. The van der Waals surface area contributed by atoms with Crippen molar-refractivity contribution < 1.29 is 0 Å². The molecule has 0 aliphatic carbocycles. The molecule has 6 aromatic rings. The van der Waals surface area contributed by atoms with E-state index in [1.807, 2.05) is 0 Å². The molecule has 6 heterocycles. The fraction of sp³-hybridized carbons (Fsp3) is 0.200. The molecule has 10 rings (SSSR count). The number of fused-ring (bicyclic) bond motifs is 2. The van der Waals surface area contributed by atoms with E-state index in [0.29, 0.717) is 0 Å². The number of nitrogens with zero attached hydrogens (tertiary/aromatic N) is 2. The highest BCUT2D eigenvalue weighted by atomic mass is 15.0. The lowest BCUT2D eigenvalue weighted by atomic mass is 10.0. The van der Waals surface area contributed by atoms with Gasteiger partial charge in [-0.3, -0.25) is 0 Å². The van der Waals surface area contributed by atoms with Gasteiger partial charge in [0.05, 0.1) is 0 Å². The topological polar surface area (TPSA) is 9.86 Å². The number of hydrogen-bond donors (Lipinski definition) is 0. The molecule has 4 aliphatic rings. The lowest BCUT2D eigenvalue weighted by molar-refractivity contribution is 0.583. The highest BCUT2D eigenvalue weighted by Crippen LogP contribution is 2.33. The van der Waals surface area contributed by atoms with Gasteiger partial charge in [0.25, 0.3) is 0 Å². The molecule has 0 spiro atoms. The minimum atomic E-state index is 1.06. The molecule has 0 unspecified atom stereocenters. The van der Waals surface area contributed by atoms with Gasteiger partial charge in [0.15, 0.2) is 0 Å². The molecule has 2 heteroatoms. The molecule has 32 heavy (non-hydrogen) atoms.